The lowest BCUT2D eigenvalue weighted by atomic mass is 10.1. The van der Waals surface area contributed by atoms with Gasteiger partial charge in [0.15, 0.2) is 0 Å². The van der Waals surface area contributed by atoms with E-state index in [9.17, 15) is 0 Å². The van der Waals surface area contributed by atoms with Crippen molar-refractivity contribution in [1.82, 2.24) is 9.97 Å². The minimum Gasteiger partial charge on any atom is -0.477 e. The maximum absolute atomic E-state index is 5.67. The van der Waals surface area contributed by atoms with Crippen molar-refractivity contribution < 1.29 is 4.74 Å². The van der Waals surface area contributed by atoms with E-state index in [0.717, 1.165) is 22.9 Å². The molecule has 0 aromatic carbocycles. The van der Waals surface area contributed by atoms with Gasteiger partial charge in [-0.05, 0) is 65.0 Å². The summed E-state index contributed by atoms with van der Waals surface area (Å²) in [5, 5.41) is 0. The van der Waals surface area contributed by atoms with Crippen molar-refractivity contribution in [2.45, 2.75) is 19.8 Å². The maximum atomic E-state index is 5.67. The molecule has 0 aliphatic carbocycles. The minimum absolute atomic E-state index is 0.664. The summed E-state index contributed by atoms with van der Waals surface area (Å²) in [6, 6.07) is 6.01. The van der Waals surface area contributed by atoms with Gasteiger partial charge in [-0.25, -0.2) is 4.98 Å². The Morgan fingerprint density at radius 1 is 1.17 bits per heavy atom. The summed E-state index contributed by atoms with van der Waals surface area (Å²) < 4.78 is 6.60. The molecule has 0 unspecified atom stereocenters. The summed E-state index contributed by atoms with van der Waals surface area (Å²) in [4.78, 5) is 8.20. The molecule has 0 fully saturated rings. The quantitative estimate of drug-likeness (QED) is 0.792. The highest BCUT2D eigenvalue weighted by Crippen LogP contribution is 2.25. The molecule has 2 aromatic heterocycles. The number of halogens is 1. The van der Waals surface area contributed by atoms with E-state index in [0.29, 0.717) is 12.5 Å². The van der Waals surface area contributed by atoms with Crippen molar-refractivity contribution in [3.8, 4) is 5.88 Å². The molecule has 0 saturated carbocycles. The summed E-state index contributed by atoms with van der Waals surface area (Å²) in [6.45, 7) is 2.69. The van der Waals surface area contributed by atoms with Gasteiger partial charge in [0.2, 0.25) is 5.88 Å². The van der Waals surface area contributed by atoms with Crippen LogP contribution < -0.4 is 4.74 Å². The highest BCUT2D eigenvalue weighted by Gasteiger charge is 2.04. The normalized spacial score (nSPS) is 10.3. The third-order valence-electron chi connectivity index (χ3n) is 2.65. The molecule has 0 bridgehead atoms. The van der Waals surface area contributed by atoms with E-state index < -0.39 is 0 Å². The van der Waals surface area contributed by atoms with Crippen LogP contribution in [0.4, 0.5) is 0 Å². The molecular formula is C14H15BrN2O. The molecule has 0 atom stereocenters. The van der Waals surface area contributed by atoms with E-state index in [4.69, 9.17) is 4.74 Å². The molecule has 94 valence electrons. The number of aromatic nitrogens is 2. The van der Waals surface area contributed by atoms with Crippen molar-refractivity contribution in [1.29, 1.82) is 0 Å². The van der Waals surface area contributed by atoms with E-state index in [1.165, 1.54) is 5.56 Å². The van der Waals surface area contributed by atoms with E-state index in [1.54, 1.807) is 6.20 Å². The predicted molar refractivity (Wildman–Crippen MR) is 74.7 cm³/mol. The summed E-state index contributed by atoms with van der Waals surface area (Å²) in [6.07, 6.45) is 7.35. The first kappa shape index (κ1) is 13.0. The van der Waals surface area contributed by atoms with Gasteiger partial charge >= 0.3 is 0 Å². The molecule has 0 spiro atoms. The number of rotatable bonds is 5. The Bertz CT molecular complexity index is 502. The van der Waals surface area contributed by atoms with Crippen LogP contribution in [-0.2, 0) is 6.42 Å². The van der Waals surface area contributed by atoms with Gasteiger partial charge in [0.1, 0.15) is 0 Å². The van der Waals surface area contributed by atoms with Gasteiger partial charge in [-0.2, -0.15) is 0 Å². The molecule has 0 saturated heterocycles. The smallest absolute Gasteiger partial charge is 0.228 e. The standard InChI is InChI=1S/C14H15BrN2O/c1-11-4-9-17-14(13(11)15)18-10-2-3-12-5-7-16-8-6-12/h4-9H,2-3,10H2,1H3. The van der Waals surface area contributed by atoms with Gasteiger partial charge in [0, 0.05) is 18.6 Å². The summed E-state index contributed by atoms with van der Waals surface area (Å²) in [5.74, 6) is 0.671. The van der Waals surface area contributed by atoms with Crippen LogP contribution in [0.15, 0.2) is 41.3 Å². The first-order chi connectivity index (χ1) is 8.77. The molecule has 18 heavy (non-hydrogen) atoms. The average Bonchev–Trinajstić information content (AvgIpc) is 2.40. The SMILES string of the molecule is Cc1ccnc(OCCCc2ccncc2)c1Br. The third kappa shape index (κ3) is 3.53. The summed E-state index contributed by atoms with van der Waals surface area (Å²) in [7, 11) is 0. The van der Waals surface area contributed by atoms with Crippen LogP contribution in [-0.4, -0.2) is 16.6 Å². The van der Waals surface area contributed by atoms with E-state index in [1.807, 2.05) is 37.5 Å². The highest BCUT2D eigenvalue weighted by atomic mass is 79.9. The number of nitrogens with zero attached hydrogens (tertiary/aromatic N) is 2. The molecule has 2 heterocycles. The molecule has 3 nitrogen and oxygen atoms in total. The molecule has 2 aromatic rings. The fourth-order valence-electron chi connectivity index (χ4n) is 1.61. The minimum atomic E-state index is 0.664. The van der Waals surface area contributed by atoms with Crippen molar-refractivity contribution in [2.75, 3.05) is 6.61 Å². The van der Waals surface area contributed by atoms with Crippen LogP contribution in [0.2, 0.25) is 0 Å². The number of aryl methyl sites for hydroxylation is 2. The number of pyridine rings is 2. The summed E-state index contributed by atoms with van der Waals surface area (Å²) >= 11 is 3.48. The van der Waals surface area contributed by atoms with Crippen molar-refractivity contribution in [2.24, 2.45) is 0 Å². The Hall–Kier alpha value is -1.42. The predicted octanol–water partition coefficient (Wildman–Crippen LogP) is 3.56. The molecule has 0 aliphatic heterocycles. The topological polar surface area (TPSA) is 35.0 Å². The van der Waals surface area contributed by atoms with Gasteiger partial charge in [-0.15, -0.1) is 0 Å². The Labute approximate surface area is 115 Å². The second-order valence-corrected chi connectivity index (χ2v) is 4.85. The zero-order valence-corrected chi connectivity index (χ0v) is 11.9. The van der Waals surface area contributed by atoms with Crippen LogP contribution in [0.3, 0.4) is 0 Å². The fourth-order valence-corrected chi connectivity index (χ4v) is 1.96. The third-order valence-corrected chi connectivity index (χ3v) is 3.61. The molecule has 0 aliphatic rings. The highest BCUT2D eigenvalue weighted by molar-refractivity contribution is 9.10. The first-order valence-corrected chi connectivity index (χ1v) is 6.69. The molecule has 0 amide bonds. The van der Waals surface area contributed by atoms with Crippen LogP contribution in [0.25, 0.3) is 0 Å². The van der Waals surface area contributed by atoms with E-state index >= 15 is 0 Å². The van der Waals surface area contributed by atoms with Crippen LogP contribution >= 0.6 is 15.9 Å². The zero-order chi connectivity index (χ0) is 12.8. The molecule has 2 rings (SSSR count). The van der Waals surface area contributed by atoms with Crippen LogP contribution in [0, 0.1) is 6.92 Å². The Morgan fingerprint density at radius 2 is 1.94 bits per heavy atom. The van der Waals surface area contributed by atoms with E-state index in [2.05, 4.69) is 25.9 Å². The molecule has 4 heteroatoms. The van der Waals surface area contributed by atoms with Gasteiger partial charge in [0.25, 0.3) is 0 Å². The lowest BCUT2D eigenvalue weighted by Crippen LogP contribution is -2.02. The molecule has 0 N–H and O–H groups in total. The largest absolute Gasteiger partial charge is 0.477 e. The fraction of sp³-hybridized carbons (Fsp3) is 0.286. The Balaban J connectivity index is 1.81. The first-order valence-electron chi connectivity index (χ1n) is 5.90. The number of hydrogen-bond acceptors (Lipinski definition) is 3. The van der Waals surface area contributed by atoms with Gasteiger partial charge < -0.3 is 4.74 Å². The zero-order valence-electron chi connectivity index (χ0n) is 10.3. The number of hydrogen-bond donors (Lipinski definition) is 0. The second-order valence-electron chi connectivity index (χ2n) is 4.05. The van der Waals surface area contributed by atoms with Gasteiger partial charge in [-0.1, -0.05) is 0 Å². The Morgan fingerprint density at radius 3 is 2.72 bits per heavy atom. The van der Waals surface area contributed by atoms with Gasteiger partial charge in [-0.3, -0.25) is 4.98 Å². The number of ether oxygens (including phenoxy) is 1. The summed E-state index contributed by atoms with van der Waals surface area (Å²) in [5.41, 5.74) is 2.42. The van der Waals surface area contributed by atoms with E-state index in [-0.39, 0.29) is 0 Å². The monoisotopic (exact) mass is 306 g/mol. The lowest BCUT2D eigenvalue weighted by molar-refractivity contribution is 0.297. The van der Waals surface area contributed by atoms with Crippen molar-refractivity contribution in [3.05, 3.63) is 52.4 Å². The maximum Gasteiger partial charge on any atom is 0.228 e. The lowest BCUT2D eigenvalue weighted by Gasteiger charge is -2.08. The van der Waals surface area contributed by atoms with Crippen molar-refractivity contribution >= 4 is 15.9 Å². The van der Waals surface area contributed by atoms with Gasteiger partial charge in [0.05, 0.1) is 11.1 Å². The average molecular weight is 307 g/mol. The van der Waals surface area contributed by atoms with Crippen LogP contribution in [0.1, 0.15) is 17.5 Å². The Kier molecular flexibility index (Phi) is 4.70. The molecular weight excluding hydrogens is 292 g/mol. The second kappa shape index (κ2) is 6.50. The van der Waals surface area contributed by atoms with Crippen molar-refractivity contribution in [3.63, 3.8) is 0 Å². The van der Waals surface area contributed by atoms with Crippen LogP contribution in [0.5, 0.6) is 5.88 Å². The molecule has 0 radical (unpaired) electrons.